The highest BCUT2D eigenvalue weighted by molar-refractivity contribution is 7.89. The largest absolute Gasteiger partial charge is 0.300 e. The summed E-state index contributed by atoms with van der Waals surface area (Å²) in [4.78, 5) is 0. The molecule has 0 fully saturated rings. The zero-order valence-corrected chi connectivity index (χ0v) is 11.2. The molecule has 1 aromatic heterocycles. The fraction of sp³-hybridized carbons (Fsp3) is 0.273. The Bertz CT molecular complexity index is 704. The molecule has 0 saturated heterocycles. The first-order valence-corrected chi connectivity index (χ1v) is 6.85. The van der Waals surface area contributed by atoms with Gasteiger partial charge in [0.25, 0.3) is 15.2 Å². The molecule has 6 nitrogen and oxygen atoms in total. The molecule has 96 valence electrons. The van der Waals surface area contributed by atoms with Crippen LogP contribution in [0, 0.1) is 13.8 Å². The van der Waals surface area contributed by atoms with E-state index < -0.39 is 10.0 Å². The summed E-state index contributed by atoms with van der Waals surface area (Å²) < 4.78 is 24.0. The molecule has 0 bridgehead atoms. The molecule has 0 spiro atoms. The molecule has 2 aromatic rings. The van der Waals surface area contributed by atoms with E-state index in [9.17, 15) is 8.42 Å². The molecule has 0 atom stereocenters. The molecule has 7 heteroatoms. The molecular weight excluding hydrogens is 252 g/mol. The molecule has 1 heterocycles. The van der Waals surface area contributed by atoms with E-state index in [1.807, 2.05) is 32.0 Å². The van der Waals surface area contributed by atoms with Crippen molar-refractivity contribution in [3.63, 3.8) is 0 Å². The molecule has 2 rings (SSSR count). The van der Waals surface area contributed by atoms with Crippen LogP contribution in [0.25, 0.3) is 11.4 Å². The fourth-order valence-electron chi connectivity index (χ4n) is 1.77. The zero-order valence-electron chi connectivity index (χ0n) is 10.4. The van der Waals surface area contributed by atoms with Gasteiger partial charge < -0.3 is 0 Å². The van der Waals surface area contributed by atoms with Gasteiger partial charge in [-0.05, 0) is 25.5 Å². The van der Waals surface area contributed by atoms with Crippen molar-refractivity contribution in [2.24, 2.45) is 12.2 Å². The van der Waals surface area contributed by atoms with Crippen molar-refractivity contribution < 1.29 is 8.42 Å². The van der Waals surface area contributed by atoms with Gasteiger partial charge in [0.15, 0.2) is 5.82 Å². The quantitative estimate of drug-likeness (QED) is 0.868. The molecule has 0 aliphatic carbocycles. The lowest BCUT2D eigenvalue weighted by atomic mass is 10.1. The number of hydrogen-bond donors (Lipinski definition) is 1. The van der Waals surface area contributed by atoms with E-state index in [-0.39, 0.29) is 5.16 Å². The molecule has 0 saturated carbocycles. The van der Waals surface area contributed by atoms with Gasteiger partial charge in [-0.3, -0.25) is 4.57 Å². The van der Waals surface area contributed by atoms with Gasteiger partial charge in [0.05, 0.1) is 0 Å². The van der Waals surface area contributed by atoms with Crippen molar-refractivity contribution in [1.82, 2.24) is 14.8 Å². The first kappa shape index (κ1) is 12.7. The fourth-order valence-corrected chi connectivity index (χ4v) is 2.40. The number of sulfonamides is 1. The van der Waals surface area contributed by atoms with E-state index in [0.29, 0.717) is 5.82 Å². The number of rotatable bonds is 2. The molecule has 0 radical (unpaired) electrons. The molecule has 1 aromatic carbocycles. The number of benzene rings is 1. The maximum Gasteiger partial charge on any atom is 0.273 e. The summed E-state index contributed by atoms with van der Waals surface area (Å²) in [6.07, 6.45) is 0. The van der Waals surface area contributed by atoms with Gasteiger partial charge in [-0.15, -0.1) is 10.2 Å². The van der Waals surface area contributed by atoms with Gasteiger partial charge in [0.1, 0.15) is 0 Å². The number of aryl methyl sites for hydroxylation is 2. The minimum absolute atomic E-state index is 0.238. The Morgan fingerprint density at radius 3 is 2.44 bits per heavy atom. The van der Waals surface area contributed by atoms with Crippen LogP contribution in [0.1, 0.15) is 11.1 Å². The van der Waals surface area contributed by atoms with Crippen molar-refractivity contribution in [3.8, 4) is 11.4 Å². The van der Waals surface area contributed by atoms with Crippen LogP contribution in [0.5, 0.6) is 0 Å². The van der Waals surface area contributed by atoms with Crippen LogP contribution in [0.2, 0.25) is 0 Å². The first-order chi connectivity index (χ1) is 8.30. The topological polar surface area (TPSA) is 90.9 Å². The third-order valence-electron chi connectivity index (χ3n) is 2.72. The average Bonchev–Trinajstić information content (AvgIpc) is 2.63. The summed E-state index contributed by atoms with van der Waals surface area (Å²) in [5, 5.41) is 12.4. The van der Waals surface area contributed by atoms with Gasteiger partial charge in [-0.2, -0.15) is 0 Å². The van der Waals surface area contributed by atoms with Crippen molar-refractivity contribution in [2.45, 2.75) is 19.0 Å². The van der Waals surface area contributed by atoms with Crippen LogP contribution < -0.4 is 5.14 Å². The van der Waals surface area contributed by atoms with E-state index in [2.05, 4.69) is 10.2 Å². The second kappa shape index (κ2) is 4.18. The first-order valence-electron chi connectivity index (χ1n) is 5.30. The number of nitrogens with two attached hydrogens (primary N) is 1. The highest BCUT2D eigenvalue weighted by Gasteiger charge is 2.20. The Kier molecular flexibility index (Phi) is 2.95. The van der Waals surface area contributed by atoms with Crippen molar-refractivity contribution in [1.29, 1.82) is 0 Å². The summed E-state index contributed by atoms with van der Waals surface area (Å²) >= 11 is 0. The van der Waals surface area contributed by atoms with Crippen LogP contribution >= 0.6 is 0 Å². The normalized spacial score (nSPS) is 11.8. The van der Waals surface area contributed by atoms with Crippen LogP contribution in [-0.2, 0) is 17.1 Å². The van der Waals surface area contributed by atoms with Crippen LogP contribution in [0.3, 0.4) is 0 Å². The van der Waals surface area contributed by atoms with E-state index in [4.69, 9.17) is 5.14 Å². The molecule has 0 aliphatic rings. The second-order valence-electron chi connectivity index (χ2n) is 4.23. The molecule has 2 N–H and O–H groups in total. The highest BCUT2D eigenvalue weighted by atomic mass is 32.2. The second-order valence-corrected chi connectivity index (χ2v) is 5.68. The minimum atomic E-state index is -3.85. The Balaban J connectivity index is 2.67. The van der Waals surface area contributed by atoms with Crippen molar-refractivity contribution in [2.75, 3.05) is 0 Å². The molecule has 18 heavy (non-hydrogen) atoms. The summed E-state index contributed by atoms with van der Waals surface area (Å²) in [5.74, 6) is 0.486. The zero-order chi connectivity index (χ0) is 13.5. The maximum atomic E-state index is 11.3. The van der Waals surface area contributed by atoms with Crippen LogP contribution in [0.15, 0.2) is 23.4 Å². The van der Waals surface area contributed by atoms with Crippen molar-refractivity contribution >= 4 is 10.0 Å². The lowest BCUT2D eigenvalue weighted by Crippen LogP contribution is -2.17. The lowest BCUT2D eigenvalue weighted by Gasteiger charge is -2.06. The molecule has 0 unspecified atom stereocenters. The number of primary sulfonamides is 1. The van der Waals surface area contributed by atoms with Crippen molar-refractivity contribution in [3.05, 3.63) is 29.3 Å². The Morgan fingerprint density at radius 1 is 1.22 bits per heavy atom. The Morgan fingerprint density at radius 2 is 1.89 bits per heavy atom. The summed E-state index contributed by atoms with van der Waals surface area (Å²) in [6, 6.07) is 5.87. The van der Waals surface area contributed by atoms with Crippen LogP contribution in [-0.4, -0.2) is 23.2 Å². The standard InChI is InChI=1S/C11H14N4O2S/c1-7-4-5-8(2)9(6-7)10-13-14-11(15(10)3)18(12,16)17/h4-6H,1-3H3,(H2,12,16,17). The van der Waals surface area contributed by atoms with Gasteiger partial charge >= 0.3 is 0 Å². The third kappa shape index (κ3) is 2.14. The van der Waals surface area contributed by atoms with Crippen LogP contribution in [0.4, 0.5) is 0 Å². The van der Waals surface area contributed by atoms with E-state index in [0.717, 1.165) is 16.7 Å². The lowest BCUT2D eigenvalue weighted by molar-refractivity contribution is 0.580. The summed E-state index contributed by atoms with van der Waals surface area (Å²) in [7, 11) is -2.27. The van der Waals surface area contributed by atoms with Gasteiger partial charge in [0.2, 0.25) is 0 Å². The number of nitrogens with zero attached hydrogens (tertiary/aromatic N) is 3. The SMILES string of the molecule is Cc1ccc(C)c(-c2nnc(S(N)(=O)=O)n2C)c1. The Labute approximate surface area is 106 Å². The highest BCUT2D eigenvalue weighted by Crippen LogP contribution is 2.23. The third-order valence-corrected chi connectivity index (χ3v) is 3.59. The average molecular weight is 266 g/mol. The maximum absolute atomic E-state index is 11.3. The summed E-state index contributed by atoms with van der Waals surface area (Å²) in [6.45, 7) is 3.89. The number of hydrogen-bond acceptors (Lipinski definition) is 4. The van der Waals surface area contributed by atoms with E-state index in [1.54, 1.807) is 7.05 Å². The molecule has 0 aliphatic heterocycles. The molecular formula is C11H14N4O2S. The van der Waals surface area contributed by atoms with Gasteiger partial charge in [0, 0.05) is 12.6 Å². The minimum Gasteiger partial charge on any atom is -0.300 e. The number of aromatic nitrogens is 3. The molecule has 0 amide bonds. The van der Waals surface area contributed by atoms with Gasteiger partial charge in [-0.25, -0.2) is 13.6 Å². The van der Waals surface area contributed by atoms with E-state index in [1.165, 1.54) is 4.57 Å². The predicted molar refractivity (Wildman–Crippen MR) is 67.3 cm³/mol. The van der Waals surface area contributed by atoms with E-state index >= 15 is 0 Å². The predicted octanol–water partition coefficient (Wildman–Crippen LogP) is 0.746. The monoisotopic (exact) mass is 266 g/mol. The van der Waals surface area contributed by atoms with Gasteiger partial charge in [-0.1, -0.05) is 17.7 Å². The Hall–Kier alpha value is -1.73. The smallest absolute Gasteiger partial charge is 0.273 e. The summed E-state index contributed by atoms with van der Waals surface area (Å²) in [5.41, 5.74) is 2.91.